The molecule has 88 heavy (non-hydrogen) atoms. The molecule has 0 spiro atoms. The Labute approximate surface area is 497 Å². The lowest BCUT2D eigenvalue weighted by atomic mass is 9.94. The molecular weight excluding hydrogens is 1210 g/mol. The highest BCUT2D eigenvalue weighted by atomic mass is 16.8. The predicted octanol–water partition coefficient (Wildman–Crippen LogP) is -16.0. The van der Waals surface area contributed by atoms with E-state index in [0.29, 0.717) is 0 Å². The molecular formula is C49H82O39. The first-order valence-corrected chi connectivity index (χ1v) is 28.5. The Morgan fingerprint density at radius 1 is 0.170 bits per heavy atom. The number of aliphatic hydroxyl groups is 23. The molecule has 0 aromatic carbocycles. The van der Waals surface area contributed by atoms with E-state index in [1.54, 1.807) is 0 Å². The van der Waals surface area contributed by atoms with Crippen LogP contribution in [-0.2, 0) is 75.8 Å². The summed E-state index contributed by atoms with van der Waals surface area (Å²) in [5.41, 5.74) is 0. The van der Waals surface area contributed by atoms with Gasteiger partial charge < -0.3 is 193 Å². The van der Waals surface area contributed by atoms with E-state index in [4.69, 9.17) is 75.8 Å². The SMILES string of the molecule is CCC1O[C@@H]2O[C@@H]3C(CO)O[C@H](O[C@@H]4C(CO)O[C@H](O[C@@H]5C(CO)O[C@H](O[C@@H]6C(CO)O[C@H](O[C@@H]7C(O)[C@@H](OC(CO)[C@H]7O)O[C@@H]7C(CO)O[C@H](O[C@@H]8C(CO)O[C@H](O[C@H]1[C@H](O)C2O)C(O)[C@H]8O)C(O)[C@H]7O)C(O)[C@H]6O)[C@@H](O)C5O)C(O)[C@H]4O)C(O)[C@H]3O. The Morgan fingerprint density at radius 2 is 0.330 bits per heavy atom. The summed E-state index contributed by atoms with van der Waals surface area (Å²) in [5.74, 6) is 0. The van der Waals surface area contributed by atoms with Crippen LogP contribution < -0.4 is 0 Å². The first kappa shape index (κ1) is 70.7. The van der Waals surface area contributed by atoms with Gasteiger partial charge in [0.15, 0.2) is 50.3 Å². The Balaban J connectivity index is 0.990. The zero-order chi connectivity index (χ0) is 64.1. The number of rotatable bonds is 8. The average Bonchev–Trinajstić information content (AvgIpc) is 2.52. The van der Waals surface area contributed by atoms with Gasteiger partial charge in [-0.1, -0.05) is 6.92 Å². The lowest BCUT2D eigenvalue weighted by Gasteiger charge is -2.50. The van der Waals surface area contributed by atoms with E-state index >= 15 is 0 Å². The van der Waals surface area contributed by atoms with Crippen molar-refractivity contribution in [2.24, 2.45) is 0 Å². The maximum Gasteiger partial charge on any atom is 0.187 e. The predicted molar refractivity (Wildman–Crippen MR) is 264 cm³/mol. The third-order valence-corrected chi connectivity index (χ3v) is 17.1. The standard InChI is InChI=1S/C49H82O39/c1-2-10-34-19(58)26(65)42(73-10)82-35-12(4-51)76-44(28(67)21(35)60)84-37-14(6-53)77-45(29(68)22(37)61)85-38-15(7-54)78-46(30(69)23(38)62)86-39-16(8-55)80-48(32(71)25(39)64)88-41-18(57)11(3-50)74-49(33(41)72)87-40-17(9-56)79-47(31(70)24(40)63)83-36-13(5-52)75-43(81-34)27(66)20(36)59/h10-72H,2-9H2,1H3/t10?,11?,12?,13?,14?,15?,16?,17?,18-,19-,20-,21-,22-,23?,24-,25-,26?,27?,28?,29?,30+,31?,32?,33?,34-,35-,36-,37-,38-,39-,40-,41+,42-,43-,44-,45-,46-,47-,48-,49+/m1/s1. The molecule has 26 saturated heterocycles. The Morgan fingerprint density at radius 3 is 0.523 bits per heavy atom. The average molecular weight is 1300 g/mol. The lowest BCUT2D eigenvalue weighted by molar-refractivity contribution is -0.399. The Kier molecular flexibility index (Phi) is 24.1. The van der Waals surface area contributed by atoms with Crippen LogP contribution in [0.4, 0.5) is 0 Å². The number of hydrogen-bond donors (Lipinski definition) is 23. The molecule has 0 saturated carbocycles. The van der Waals surface area contributed by atoms with Crippen LogP contribution in [0.1, 0.15) is 13.3 Å². The molecule has 0 radical (unpaired) electrons. The molecule has 0 amide bonds. The molecule has 26 rings (SSSR count). The van der Waals surface area contributed by atoms with Gasteiger partial charge >= 0.3 is 0 Å². The van der Waals surface area contributed by atoms with Crippen LogP contribution >= 0.6 is 0 Å². The summed E-state index contributed by atoms with van der Waals surface area (Å²) < 4.78 is 92.0. The van der Waals surface area contributed by atoms with Gasteiger partial charge in [0.2, 0.25) is 0 Å². The summed E-state index contributed by atoms with van der Waals surface area (Å²) in [5, 5.41) is 256. The van der Waals surface area contributed by atoms with Crippen molar-refractivity contribution in [3.05, 3.63) is 0 Å². The number of ether oxygens (including phenoxy) is 16. The van der Waals surface area contributed by atoms with Gasteiger partial charge in [0.25, 0.3) is 0 Å². The molecule has 0 aromatic heterocycles. The zero-order valence-corrected chi connectivity index (χ0v) is 46.6. The van der Waals surface area contributed by atoms with Crippen molar-refractivity contribution in [2.45, 2.75) is 259 Å². The molecule has 26 heterocycles. The third-order valence-electron chi connectivity index (χ3n) is 17.1. The molecule has 26 fully saturated rings. The number of hydrogen-bond acceptors (Lipinski definition) is 39. The molecule has 16 bridgehead atoms. The fourth-order valence-electron chi connectivity index (χ4n) is 12.1. The van der Waals surface area contributed by atoms with Crippen LogP contribution in [0.5, 0.6) is 0 Å². The summed E-state index contributed by atoms with van der Waals surface area (Å²) in [6, 6.07) is 0. The highest BCUT2D eigenvalue weighted by molar-refractivity contribution is 5.02. The van der Waals surface area contributed by atoms with Crippen LogP contribution in [0.3, 0.4) is 0 Å². The zero-order valence-electron chi connectivity index (χ0n) is 46.6. The smallest absolute Gasteiger partial charge is 0.187 e. The second-order valence-electron chi connectivity index (χ2n) is 22.7. The molecule has 39 nitrogen and oxygen atoms in total. The van der Waals surface area contributed by atoms with E-state index in [1.165, 1.54) is 6.92 Å². The summed E-state index contributed by atoms with van der Waals surface area (Å²) in [7, 11) is 0. The van der Waals surface area contributed by atoms with Gasteiger partial charge in [-0.2, -0.15) is 0 Å². The van der Waals surface area contributed by atoms with Gasteiger partial charge in [-0.05, 0) is 6.42 Å². The maximum atomic E-state index is 11.6. The summed E-state index contributed by atoms with van der Waals surface area (Å²) >= 11 is 0. The minimum Gasteiger partial charge on any atom is -0.394 e. The van der Waals surface area contributed by atoms with Crippen molar-refractivity contribution in [1.82, 2.24) is 0 Å². The highest BCUT2D eigenvalue weighted by Gasteiger charge is 2.60. The van der Waals surface area contributed by atoms with Crippen molar-refractivity contribution in [3.63, 3.8) is 0 Å². The second-order valence-corrected chi connectivity index (χ2v) is 22.7. The molecule has 39 heteroatoms. The van der Waals surface area contributed by atoms with E-state index in [2.05, 4.69) is 0 Å². The van der Waals surface area contributed by atoms with Crippen molar-refractivity contribution < 1.29 is 193 Å². The van der Waals surface area contributed by atoms with Crippen molar-refractivity contribution in [2.75, 3.05) is 46.2 Å². The van der Waals surface area contributed by atoms with E-state index in [1.807, 2.05) is 0 Å². The third kappa shape index (κ3) is 13.8. The molecule has 40 atom stereocenters. The second kappa shape index (κ2) is 30.0. The largest absolute Gasteiger partial charge is 0.394 e. The van der Waals surface area contributed by atoms with Gasteiger partial charge in [0.05, 0.1) is 52.4 Å². The quantitative estimate of drug-likeness (QED) is 0.107. The molecule has 16 unspecified atom stereocenters. The monoisotopic (exact) mass is 1290 g/mol. The Bertz CT molecular complexity index is 2140. The van der Waals surface area contributed by atoms with Gasteiger partial charge in [0, 0.05) is 0 Å². The van der Waals surface area contributed by atoms with Crippen LogP contribution in [0.15, 0.2) is 0 Å². The fraction of sp³-hybridized carbons (Fsp3) is 1.00. The summed E-state index contributed by atoms with van der Waals surface area (Å²) in [4.78, 5) is 0. The first-order valence-electron chi connectivity index (χ1n) is 28.5. The molecule has 26 aliphatic heterocycles. The van der Waals surface area contributed by atoms with E-state index in [9.17, 15) is 117 Å². The van der Waals surface area contributed by atoms with Crippen molar-refractivity contribution in [1.29, 1.82) is 0 Å². The van der Waals surface area contributed by atoms with E-state index in [-0.39, 0.29) is 6.42 Å². The summed E-state index contributed by atoms with van der Waals surface area (Å²) in [6.45, 7) is -5.91. The molecule has 0 aromatic rings. The Hall–Kier alpha value is -1.56. The van der Waals surface area contributed by atoms with E-state index in [0.717, 1.165) is 0 Å². The highest BCUT2D eigenvalue weighted by Crippen LogP contribution is 2.40. The first-order chi connectivity index (χ1) is 41.9. The topological polar surface area (TPSA) is 613 Å². The maximum absolute atomic E-state index is 11.6. The lowest BCUT2D eigenvalue weighted by Crippen LogP contribution is -2.68. The molecule has 23 N–H and O–H groups in total. The minimum absolute atomic E-state index is 0.0820. The molecule has 0 aliphatic carbocycles. The van der Waals surface area contributed by atoms with Gasteiger partial charge in [-0.15, -0.1) is 0 Å². The van der Waals surface area contributed by atoms with Gasteiger partial charge in [-0.25, -0.2) is 0 Å². The van der Waals surface area contributed by atoms with Gasteiger partial charge in [0.1, 0.15) is 189 Å². The normalized spacial score (nSPS) is 55.4. The molecule has 512 valence electrons. The summed E-state index contributed by atoms with van der Waals surface area (Å²) in [6.07, 6.45) is -80.3. The van der Waals surface area contributed by atoms with Crippen molar-refractivity contribution >= 4 is 0 Å². The van der Waals surface area contributed by atoms with Crippen LogP contribution in [0.2, 0.25) is 0 Å². The van der Waals surface area contributed by atoms with Crippen molar-refractivity contribution in [3.8, 4) is 0 Å². The number of aliphatic hydroxyl groups excluding tert-OH is 23. The fourth-order valence-corrected chi connectivity index (χ4v) is 12.1. The van der Waals surface area contributed by atoms with E-state index < -0.39 is 292 Å². The van der Waals surface area contributed by atoms with Gasteiger partial charge in [-0.3, -0.25) is 0 Å². The molecule has 26 aliphatic rings. The van der Waals surface area contributed by atoms with Crippen LogP contribution in [-0.4, -0.2) is 409 Å². The van der Waals surface area contributed by atoms with Crippen LogP contribution in [0, 0.1) is 0 Å². The minimum atomic E-state index is -2.28. The van der Waals surface area contributed by atoms with Crippen LogP contribution in [0.25, 0.3) is 0 Å².